The number of hydrogen-bond acceptors (Lipinski definition) is 5. The summed E-state index contributed by atoms with van der Waals surface area (Å²) >= 11 is 18.6. The Morgan fingerprint density at radius 3 is 2.47 bits per heavy atom. The average molecular weight is 496 g/mol. The van der Waals surface area contributed by atoms with Crippen molar-refractivity contribution in [3.05, 3.63) is 80.9 Å². The van der Waals surface area contributed by atoms with Crippen LogP contribution in [-0.2, 0) is 13.2 Å². The molecule has 0 aliphatic heterocycles. The summed E-state index contributed by atoms with van der Waals surface area (Å²) in [5.74, 6) is 1.86. The molecule has 0 aliphatic carbocycles. The molecule has 2 aromatic carbocycles. The van der Waals surface area contributed by atoms with Crippen molar-refractivity contribution in [2.75, 3.05) is 19.8 Å². The summed E-state index contributed by atoms with van der Waals surface area (Å²) in [6, 6.07) is 14.7. The van der Waals surface area contributed by atoms with Crippen LogP contribution in [0.5, 0.6) is 17.4 Å². The minimum Gasteiger partial charge on any atom is -0.490 e. The number of halogens is 3. The Bertz CT molecular complexity index is 1000. The summed E-state index contributed by atoms with van der Waals surface area (Å²) in [6.45, 7) is 4.74. The molecule has 0 radical (unpaired) electrons. The highest BCUT2D eigenvalue weighted by atomic mass is 35.5. The summed E-state index contributed by atoms with van der Waals surface area (Å²) in [5.41, 5.74) is 1.83. The maximum absolute atomic E-state index is 6.50. The first-order valence-electron chi connectivity index (χ1n) is 10.3. The van der Waals surface area contributed by atoms with E-state index in [1.807, 2.05) is 37.3 Å². The number of benzene rings is 2. The van der Waals surface area contributed by atoms with E-state index in [0.29, 0.717) is 58.8 Å². The van der Waals surface area contributed by atoms with Gasteiger partial charge in [-0.25, -0.2) is 4.98 Å². The van der Waals surface area contributed by atoms with Crippen LogP contribution in [0, 0.1) is 0 Å². The molecule has 1 aromatic heterocycles. The zero-order chi connectivity index (χ0) is 22.8. The molecule has 0 atom stereocenters. The van der Waals surface area contributed by atoms with Gasteiger partial charge in [-0.1, -0.05) is 46.9 Å². The topological polar surface area (TPSA) is 52.6 Å². The molecule has 0 unspecified atom stereocenters. The Morgan fingerprint density at radius 2 is 1.72 bits per heavy atom. The maximum atomic E-state index is 6.50. The quantitative estimate of drug-likeness (QED) is 0.288. The minimum atomic E-state index is 0.321. The van der Waals surface area contributed by atoms with E-state index in [9.17, 15) is 0 Å². The summed E-state index contributed by atoms with van der Waals surface area (Å²) in [6.07, 6.45) is 2.56. The summed E-state index contributed by atoms with van der Waals surface area (Å²) in [4.78, 5) is 4.14. The monoisotopic (exact) mass is 494 g/mol. The number of pyridine rings is 1. The molecule has 3 rings (SSSR count). The Hall–Kier alpha value is -2.18. The van der Waals surface area contributed by atoms with Crippen molar-refractivity contribution in [3.63, 3.8) is 0 Å². The molecular formula is C24H25Cl3N2O3. The fourth-order valence-electron chi connectivity index (χ4n) is 2.91. The van der Waals surface area contributed by atoms with Crippen molar-refractivity contribution in [1.29, 1.82) is 0 Å². The number of nitrogens with zero attached hydrogens (tertiary/aromatic N) is 1. The lowest BCUT2D eigenvalue weighted by Crippen LogP contribution is -2.17. The van der Waals surface area contributed by atoms with E-state index in [0.717, 1.165) is 24.1 Å². The summed E-state index contributed by atoms with van der Waals surface area (Å²) in [7, 11) is 0. The molecular weight excluding hydrogens is 471 g/mol. The fraction of sp³-hybridized carbons (Fsp3) is 0.292. The van der Waals surface area contributed by atoms with E-state index in [2.05, 4.69) is 10.3 Å². The van der Waals surface area contributed by atoms with Crippen LogP contribution < -0.4 is 19.5 Å². The Kier molecular flexibility index (Phi) is 9.75. The molecule has 3 aromatic rings. The number of ether oxygens (including phenoxy) is 3. The van der Waals surface area contributed by atoms with Crippen molar-refractivity contribution >= 4 is 34.8 Å². The molecule has 0 saturated carbocycles. The van der Waals surface area contributed by atoms with E-state index in [-0.39, 0.29) is 0 Å². The summed E-state index contributed by atoms with van der Waals surface area (Å²) < 4.78 is 17.3. The lowest BCUT2D eigenvalue weighted by Gasteiger charge is -2.15. The number of rotatable bonds is 12. The Labute approximate surface area is 203 Å². The van der Waals surface area contributed by atoms with Crippen LogP contribution >= 0.6 is 34.8 Å². The van der Waals surface area contributed by atoms with Gasteiger partial charge in [-0.15, -0.1) is 0 Å². The molecule has 8 heteroatoms. The molecule has 5 nitrogen and oxygen atoms in total. The second kappa shape index (κ2) is 12.8. The summed E-state index contributed by atoms with van der Waals surface area (Å²) in [5, 5.41) is 4.98. The predicted molar refractivity (Wildman–Crippen MR) is 129 cm³/mol. The van der Waals surface area contributed by atoms with Crippen LogP contribution in [0.2, 0.25) is 15.1 Å². The van der Waals surface area contributed by atoms with Gasteiger partial charge >= 0.3 is 0 Å². The Morgan fingerprint density at radius 1 is 0.875 bits per heavy atom. The van der Waals surface area contributed by atoms with Crippen molar-refractivity contribution in [3.8, 4) is 17.4 Å². The number of hydrogen-bond donors (Lipinski definition) is 1. The van der Waals surface area contributed by atoms with Crippen LogP contribution in [0.3, 0.4) is 0 Å². The van der Waals surface area contributed by atoms with E-state index in [1.54, 1.807) is 24.4 Å². The maximum Gasteiger partial charge on any atom is 0.213 e. The van der Waals surface area contributed by atoms with Gasteiger partial charge in [0.15, 0.2) is 11.5 Å². The first-order chi connectivity index (χ1) is 15.6. The lowest BCUT2D eigenvalue weighted by molar-refractivity contribution is 0.269. The lowest BCUT2D eigenvalue weighted by atomic mass is 10.2. The van der Waals surface area contributed by atoms with Crippen LogP contribution in [0.25, 0.3) is 0 Å². The van der Waals surface area contributed by atoms with Crippen LogP contribution in [-0.4, -0.2) is 24.7 Å². The molecule has 170 valence electrons. The second-order valence-electron chi connectivity index (χ2n) is 6.91. The third-order valence-electron chi connectivity index (χ3n) is 4.49. The third-order valence-corrected chi connectivity index (χ3v) is 5.58. The zero-order valence-corrected chi connectivity index (χ0v) is 20.0. The van der Waals surface area contributed by atoms with Gasteiger partial charge in [-0.05, 0) is 55.3 Å². The SMILES string of the molecule is CCOc1cc(CNCCCOc2ccccn2)c(Cl)cc1OCc1ccc(Cl)c(Cl)c1. The highest BCUT2D eigenvalue weighted by molar-refractivity contribution is 6.42. The van der Waals surface area contributed by atoms with Gasteiger partial charge < -0.3 is 19.5 Å². The molecule has 0 bridgehead atoms. The van der Waals surface area contributed by atoms with Crippen molar-refractivity contribution in [2.45, 2.75) is 26.5 Å². The average Bonchev–Trinajstić information content (AvgIpc) is 2.80. The van der Waals surface area contributed by atoms with Gasteiger partial charge in [0, 0.05) is 29.9 Å². The standard InChI is InChI=1S/C24H25Cl3N2O3/c1-2-30-22-13-18(15-28-9-5-11-31-24-6-3-4-10-29-24)20(26)14-23(22)32-16-17-7-8-19(25)21(27)12-17/h3-4,6-8,10,12-14,28H,2,5,9,11,15-16H2,1H3. The highest BCUT2D eigenvalue weighted by Crippen LogP contribution is 2.34. The van der Waals surface area contributed by atoms with E-state index in [1.165, 1.54) is 0 Å². The molecule has 0 fully saturated rings. The van der Waals surface area contributed by atoms with Crippen molar-refractivity contribution < 1.29 is 14.2 Å². The first kappa shape index (κ1) is 24.5. The number of aromatic nitrogens is 1. The molecule has 1 N–H and O–H groups in total. The van der Waals surface area contributed by atoms with E-state index in [4.69, 9.17) is 49.0 Å². The number of nitrogens with one attached hydrogen (secondary N) is 1. The van der Waals surface area contributed by atoms with E-state index >= 15 is 0 Å². The first-order valence-corrected chi connectivity index (χ1v) is 11.5. The Balaban J connectivity index is 1.52. The molecule has 1 heterocycles. The van der Waals surface area contributed by atoms with E-state index < -0.39 is 0 Å². The molecule has 0 amide bonds. The third kappa shape index (κ3) is 7.45. The minimum absolute atomic E-state index is 0.321. The highest BCUT2D eigenvalue weighted by Gasteiger charge is 2.12. The normalized spacial score (nSPS) is 10.8. The van der Waals surface area contributed by atoms with Crippen LogP contribution in [0.4, 0.5) is 0 Å². The van der Waals surface area contributed by atoms with Crippen molar-refractivity contribution in [2.24, 2.45) is 0 Å². The smallest absolute Gasteiger partial charge is 0.213 e. The van der Waals surface area contributed by atoms with Gasteiger partial charge in [-0.3, -0.25) is 0 Å². The predicted octanol–water partition coefficient (Wildman–Crippen LogP) is 6.58. The van der Waals surface area contributed by atoms with Gasteiger partial charge in [0.2, 0.25) is 5.88 Å². The molecule has 0 aliphatic rings. The molecule has 32 heavy (non-hydrogen) atoms. The molecule has 0 spiro atoms. The van der Waals surface area contributed by atoms with Gasteiger partial charge in [0.25, 0.3) is 0 Å². The van der Waals surface area contributed by atoms with Gasteiger partial charge in [0.05, 0.1) is 23.3 Å². The largest absolute Gasteiger partial charge is 0.490 e. The van der Waals surface area contributed by atoms with Crippen LogP contribution in [0.1, 0.15) is 24.5 Å². The van der Waals surface area contributed by atoms with Crippen LogP contribution in [0.15, 0.2) is 54.7 Å². The van der Waals surface area contributed by atoms with Gasteiger partial charge in [-0.2, -0.15) is 0 Å². The van der Waals surface area contributed by atoms with Crippen molar-refractivity contribution in [1.82, 2.24) is 10.3 Å². The second-order valence-corrected chi connectivity index (χ2v) is 8.13. The fourth-order valence-corrected chi connectivity index (χ4v) is 3.45. The molecule has 0 saturated heterocycles. The van der Waals surface area contributed by atoms with Gasteiger partial charge in [0.1, 0.15) is 6.61 Å². The zero-order valence-electron chi connectivity index (χ0n) is 17.7.